The number of halogens is 1. The van der Waals surface area contributed by atoms with E-state index in [1.165, 1.54) is 37.7 Å². The van der Waals surface area contributed by atoms with Crippen molar-refractivity contribution in [2.24, 2.45) is 10.7 Å². The average Bonchev–Trinajstić information content (AvgIpc) is 2.60. The number of nitrogens with zero attached hydrogens (tertiary/aromatic N) is 2. The third-order valence-electron chi connectivity index (χ3n) is 4.71. The quantitative estimate of drug-likeness (QED) is 0.280. The van der Waals surface area contributed by atoms with Gasteiger partial charge in [0, 0.05) is 19.1 Å². The molecule has 0 radical (unpaired) electrons. The van der Waals surface area contributed by atoms with Gasteiger partial charge in [-0.1, -0.05) is 49.6 Å². The van der Waals surface area contributed by atoms with Gasteiger partial charge in [0.15, 0.2) is 5.96 Å². The molecular weight excluding hydrogens is 411 g/mol. The molecule has 0 saturated heterocycles. The van der Waals surface area contributed by atoms with Crippen molar-refractivity contribution in [2.45, 2.75) is 51.0 Å². The van der Waals surface area contributed by atoms with Gasteiger partial charge in [-0.3, -0.25) is 4.99 Å². The number of nitrogens with one attached hydrogen (secondary N) is 1. The Kier molecular flexibility index (Phi) is 11.1. The van der Waals surface area contributed by atoms with Gasteiger partial charge in [0.05, 0.1) is 0 Å². The van der Waals surface area contributed by atoms with Crippen LogP contribution < -0.4 is 11.1 Å². The van der Waals surface area contributed by atoms with Crippen LogP contribution in [-0.2, 0) is 6.42 Å². The Morgan fingerprint density at radius 2 is 1.92 bits per heavy atom. The van der Waals surface area contributed by atoms with E-state index in [-0.39, 0.29) is 24.0 Å². The minimum Gasteiger partial charge on any atom is -0.370 e. The minimum atomic E-state index is 0. The molecule has 24 heavy (non-hydrogen) atoms. The van der Waals surface area contributed by atoms with E-state index >= 15 is 0 Å². The van der Waals surface area contributed by atoms with E-state index < -0.39 is 0 Å². The molecule has 3 N–H and O–H groups in total. The molecule has 2 rings (SSSR count). The highest BCUT2D eigenvalue weighted by Gasteiger charge is 2.16. The molecule has 0 amide bonds. The van der Waals surface area contributed by atoms with Crippen LogP contribution in [0.5, 0.6) is 0 Å². The number of aliphatic imine (C=N–C) groups is 1. The standard InChI is InChI=1S/C19H32N4.HI/c1-23(18-11-6-3-7-12-18)16-8-14-21-19(20)22-15-13-17-9-4-2-5-10-17;/h2,4-5,9-10,18H,3,6-8,11-16H2,1H3,(H3,20,21,22);1H. The summed E-state index contributed by atoms with van der Waals surface area (Å²) in [6.45, 7) is 2.76. The first-order valence-corrected chi connectivity index (χ1v) is 9.03. The van der Waals surface area contributed by atoms with Crippen molar-refractivity contribution in [2.75, 3.05) is 26.7 Å². The molecule has 1 saturated carbocycles. The first-order chi connectivity index (χ1) is 11.3. The van der Waals surface area contributed by atoms with Gasteiger partial charge in [-0.2, -0.15) is 0 Å². The highest BCUT2D eigenvalue weighted by molar-refractivity contribution is 14.0. The molecule has 0 aromatic heterocycles. The zero-order valence-corrected chi connectivity index (χ0v) is 17.2. The van der Waals surface area contributed by atoms with E-state index in [0.29, 0.717) is 5.96 Å². The number of rotatable bonds is 8. The molecule has 1 aromatic carbocycles. The summed E-state index contributed by atoms with van der Waals surface area (Å²) >= 11 is 0. The molecule has 0 spiro atoms. The lowest BCUT2D eigenvalue weighted by atomic mass is 9.94. The second kappa shape index (κ2) is 12.5. The third kappa shape index (κ3) is 8.33. The van der Waals surface area contributed by atoms with Gasteiger partial charge in [0.1, 0.15) is 0 Å². The second-order valence-corrected chi connectivity index (χ2v) is 6.56. The van der Waals surface area contributed by atoms with E-state index in [0.717, 1.165) is 38.5 Å². The van der Waals surface area contributed by atoms with Crippen molar-refractivity contribution < 1.29 is 0 Å². The highest BCUT2D eigenvalue weighted by Crippen LogP contribution is 2.21. The van der Waals surface area contributed by atoms with Crippen LogP contribution in [0, 0.1) is 0 Å². The SMILES string of the molecule is CN(CCCN=C(N)NCCc1ccccc1)C1CCCCC1.I. The highest BCUT2D eigenvalue weighted by atomic mass is 127. The molecule has 0 unspecified atom stereocenters. The van der Waals surface area contributed by atoms with Gasteiger partial charge in [0.2, 0.25) is 0 Å². The van der Waals surface area contributed by atoms with E-state index in [4.69, 9.17) is 5.73 Å². The summed E-state index contributed by atoms with van der Waals surface area (Å²) < 4.78 is 0. The first kappa shape index (κ1) is 21.2. The largest absolute Gasteiger partial charge is 0.370 e. The van der Waals surface area contributed by atoms with Gasteiger partial charge < -0.3 is 16.0 Å². The number of hydrogen-bond acceptors (Lipinski definition) is 2. The van der Waals surface area contributed by atoms with Gasteiger partial charge in [-0.25, -0.2) is 0 Å². The molecule has 1 aromatic rings. The summed E-state index contributed by atoms with van der Waals surface area (Å²) in [6, 6.07) is 11.2. The molecule has 0 heterocycles. The van der Waals surface area contributed by atoms with Crippen molar-refractivity contribution in [3.63, 3.8) is 0 Å². The van der Waals surface area contributed by atoms with Crippen LogP contribution in [0.2, 0.25) is 0 Å². The van der Waals surface area contributed by atoms with E-state index in [2.05, 4.69) is 46.5 Å². The van der Waals surface area contributed by atoms with E-state index in [1.807, 2.05) is 6.07 Å². The summed E-state index contributed by atoms with van der Waals surface area (Å²) in [5.74, 6) is 0.571. The zero-order chi connectivity index (χ0) is 16.3. The number of benzene rings is 1. The van der Waals surface area contributed by atoms with Crippen molar-refractivity contribution in [1.82, 2.24) is 10.2 Å². The van der Waals surface area contributed by atoms with Gasteiger partial charge in [0.25, 0.3) is 0 Å². The van der Waals surface area contributed by atoms with Crippen LogP contribution in [0.4, 0.5) is 0 Å². The fourth-order valence-electron chi connectivity index (χ4n) is 3.26. The Morgan fingerprint density at radius 1 is 1.21 bits per heavy atom. The van der Waals surface area contributed by atoms with Crippen LogP contribution in [0.1, 0.15) is 44.1 Å². The topological polar surface area (TPSA) is 53.6 Å². The summed E-state index contributed by atoms with van der Waals surface area (Å²) in [5, 5.41) is 3.20. The van der Waals surface area contributed by atoms with E-state index in [9.17, 15) is 0 Å². The fraction of sp³-hybridized carbons (Fsp3) is 0.632. The van der Waals surface area contributed by atoms with Crippen LogP contribution in [-0.4, -0.2) is 43.6 Å². The Bertz CT molecular complexity index is 458. The molecule has 5 heteroatoms. The predicted molar refractivity (Wildman–Crippen MR) is 114 cm³/mol. The maximum absolute atomic E-state index is 5.92. The summed E-state index contributed by atoms with van der Waals surface area (Å²) in [6.07, 6.45) is 8.98. The Morgan fingerprint density at radius 3 is 2.62 bits per heavy atom. The molecule has 1 fully saturated rings. The lowest BCUT2D eigenvalue weighted by Gasteiger charge is -2.30. The predicted octanol–water partition coefficient (Wildman–Crippen LogP) is 3.41. The Balaban J connectivity index is 0.00000288. The van der Waals surface area contributed by atoms with Gasteiger partial charge in [-0.15, -0.1) is 24.0 Å². The monoisotopic (exact) mass is 444 g/mol. The zero-order valence-electron chi connectivity index (χ0n) is 14.9. The van der Waals surface area contributed by atoms with Crippen LogP contribution in [0.3, 0.4) is 0 Å². The Labute approximate surface area is 164 Å². The second-order valence-electron chi connectivity index (χ2n) is 6.56. The van der Waals surface area contributed by atoms with Crippen molar-refractivity contribution in [3.8, 4) is 0 Å². The van der Waals surface area contributed by atoms with E-state index in [1.54, 1.807) is 0 Å². The fourth-order valence-corrected chi connectivity index (χ4v) is 3.26. The maximum Gasteiger partial charge on any atom is 0.188 e. The van der Waals surface area contributed by atoms with Crippen LogP contribution >= 0.6 is 24.0 Å². The van der Waals surface area contributed by atoms with Crippen molar-refractivity contribution in [3.05, 3.63) is 35.9 Å². The maximum atomic E-state index is 5.92. The average molecular weight is 444 g/mol. The summed E-state index contributed by atoms with van der Waals surface area (Å²) in [5.41, 5.74) is 7.24. The molecule has 0 aliphatic heterocycles. The van der Waals surface area contributed by atoms with Gasteiger partial charge in [-0.05, 0) is 44.8 Å². The number of nitrogens with two attached hydrogens (primary N) is 1. The smallest absolute Gasteiger partial charge is 0.188 e. The number of guanidine groups is 1. The summed E-state index contributed by atoms with van der Waals surface area (Å²) in [7, 11) is 2.25. The molecule has 0 bridgehead atoms. The van der Waals surface area contributed by atoms with Crippen LogP contribution in [0.15, 0.2) is 35.3 Å². The molecule has 4 nitrogen and oxygen atoms in total. The lowest BCUT2D eigenvalue weighted by molar-refractivity contribution is 0.191. The molecular formula is C19H33IN4. The third-order valence-corrected chi connectivity index (χ3v) is 4.71. The van der Waals surface area contributed by atoms with Crippen molar-refractivity contribution in [1.29, 1.82) is 0 Å². The molecule has 136 valence electrons. The minimum absolute atomic E-state index is 0. The Hall–Kier alpha value is -0.820. The van der Waals surface area contributed by atoms with Crippen LogP contribution in [0.25, 0.3) is 0 Å². The van der Waals surface area contributed by atoms with Crippen molar-refractivity contribution >= 4 is 29.9 Å². The normalized spacial score (nSPS) is 16.0. The molecule has 0 atom stereocenters. The van der Waals surface area contributed by atoms with Gasteiger partial charge >= 0.3 is 0 Å². The number of hydrogen-bond donors (Lipinski definition) is 2. The summed E-state index contributed by atoms with van der Waals surface area (Å²) in [4.78, 5) is 6.94. The molecule has 1 aliphatic carbocycles. The first-order valence-electron chi connectivity index (χ1n) is 9.03. The molecule has 1 aliphatic rings. The lowest BCUT2D eigenvalue weighted by Crippen LogP contribution is -2.35.